The average molecular weight is 1520 g/mol. The summed E-state index contributed by atoms with van der Waals surface area (Å²) in [5, 5.41) is 17.9. The van der Waals surface area contributed by atoms with Gasteiger partial charge in [0.2, 0.25) is 19.2 Å². The zero-order valence-electron chi connectivity index (χ0n) is 58.9. The number of carboxylic acid groups (broad SMARTS) is 1. The lowest BCUT2D eigenvalue weighted by atomic mass is 9.97. The van der Waals surface area contributed by atoms with Crippen molar-refractivity contribution in [3.8, 4) is 6.08 Å². The van der Waals surface area contributed by atoms with E-state index in [-0.39, 0.29) is 104 Å². The summed E-state index contributed by atoms with van der Waals surface area (Å²) in [6.45, 7) is 12.0. The number of nitrogen functional groups attached to an aromatic ring is 2. The minimum atomic E-state index is -1.07. The van der Waals surface area contributed by atoms with E-state index >= 15 is 0 Å². The summed E-state index contributed by atoms with van der Waals surface area (Å²) in [5.74, 6) is -3.65. The molecule has 1 heterocycles. The summed E-state index contributed by atoms with van der Waals surface area (Å²) < 4.78 is 25.6. The van der Waals surface area contributed by atoms with Gasteiger partial charge in [-0.3, -0.25) is 34.1 Å². The first kappa shape index (κ1) is 84.6. The monoisotopic (exact) mass is 1520 g/mol. The molecule has 1 aromatic heterocycles. The molecule has 30 heteroatoms. The summed E-state index contributed by atoms with van der Waals surface area (Å²) >= 11 is 24.5. The van der Waals surface area contributed by atoms with Gasteiger partial charge in [-0.25, -0.2) is 24.0 Å². The van der Waals surface area contributed by atoms with E-state index in [0.29, 0.717) is 65.8 Å². The fourth-order valence-corrected chi connectivity index (χ4v) is 10.8. The van der Waals surface area contributed by atoms with Crippen LogP contribution in [0.3, 0.4) is 0 Å². The van der Waals surface area contributed by atoms with Gasteiger partial charge in [-0.1, -0.05) is 113 Å². The third-order valence-electron chi connectivity index (χ3n) is 14.5. The lowest BCUT2D eigenvalue weighted by Crippen LogP contribution is -2.44. The van der Waals surface area contributed by atoms with Gasteiger partial charge >= 0.3 is 35.7 Å². The minimum absolute atomic E-state index is 0.00528. The lowest BCUT2D eigenvalue weighted by Gasteiger charge is -2.20. The average Bonchev–Trinajstić information content (AvgIpc) is 0.832. The van der Waals surface area contributed by atoms with Crippen LogP contribution in [0.2, 0.25) is 20.1 Å². The molecule has 0 aliphatic rings. The van der Waals surface area contributed by atoms with Crippen molar-refractivity contribution in [1.29, 1.82) is 0 Å². The second kappa shape index (κ2) is 41.9. The van der Waals surface area contributed by atoms with Gasteiger partial charge in [0.1, 0.15) is 12.1 Å². The van der Waals surface area contributed by atoms with E-state index in [2.05, 4.69) is 20.9 Å². The Labute approximate surface area is 626 Å². The molecule has 0 radical (unpaired) electrons. The summed E-state index contributed by atoms with van der Waals surface area (Å²) in [5.41, 5.74) is 17.3. The van der Waals surface area contributed by atoms with Gasteiger partial charge in [0.15, 0.2) is 5.78 Å². The molecule has 556 valence electrons. The molecule has 2 atom stereocenters. The Morgan fingerprint density at radius 3 is 1.42 bits per heavy atom. The van der Waals surface area contributed by atoms with Crippen molar-refractivity contribution in [3.05, 3.63) is 226 Å². The third kappa shape index (κ3) is 27.3. The maximum atomic E-state index is 13.4. The van der Waals surface area contributed by atoms with E-state index in [0.717, 1.165) is 23.1 Å². The standard InChI is InChI=1S/C33H35Cl2N3O7.C19H20Cl2N2O3.C13H14N2O4.C10H12N2O3/c1-5-44-33(43)37-27-14-13-23(18-38(4)19-39)15-24(27)29(40)17-22-11-9-21(10-12-22)16-28(32(42)45-20(2)3)36-31(41)30-25(34)7-6-8-26(30)35;1-11(2)26-19(25)16(10-12-6-8-13(22)9-7-12)23-18(24)17-14(20)4-3-5-15(17)21;1-3-18-13-14-11-5-4-9(7-15(2)8-16)6-10(11)12(17)19-13;1-12(6-13)5-7-2-3-9(11)8(4-7)10(14)15/h6-15,19-20,28H,5,16-18H2,1-4H3,(H,36,41)(H,37,43);3-9,11,16H,10,22H2,1-2H3,(H,23,24);4-6,8H,3,7H2,1-2H3;2-4,6H,5,11H2,1H3,(H,14,15)/t28-;16-;;/m00../s1. The highest BCUT2D eigenvalue weighted by molar-refractivity contribution is 6.40. The fraction of sp³-hybridized carbons (Fsp3) is 0.280. The second-order valence-electron chi connectivity index (χ2n) is 23.8. The molecule has 0 fully saturated rings. The first-order valence-electron chi connectivity index (χ1n) is 32.4. The topological polar surface area (TPSA) is 369 Å². The molecule has 7 aromatic carbocycles. The number of amides is 6. The van der Waals surface area contributed by atoms with Crippen molar-refractivity contribution in [2.75, 3.05) is 51.1 Å². The summed E-state index contributed by atoms with van der Waals surface area (Å²) in [7, 11) is 4.89. The van der Waals surface area contributed by atoms with E-state index < -0.39 is 59.6 Å². The number of carboxylic acids is 1. The van der Waals surface area contributed by atoms with E-state index in [4.69, 9.17) is 86.3 Å². The van der Waals surface area contributed by atoms with Crippen molar-refractivity contribution in [3.63, 3.8) is 0 Å². The molecule has 105 heavy (non-hydrogen) atoms. The Hall–Kier alpha value is -11.1. The summed E-state index contributed by atoms with van der Waals surface area (Å²) in [6.07, 6.45) is 1.00. The number of hydrogen-bond acceptors (Lipinski definition) is 19. The maximum Gasteiger partial charge on any atom is 0.411 e. The maximum absolute atomic E-state index is 13.4. The van der Waals surface area contributed by atoms with E-state index in [1.165, 1.54) is 39.0 Å². The predicted octanol–water partition coefficient (Wildman–Crippen LogP) is 11.5. The van der Waals surface area contributed by atoms with Gasteiger partial charge in [-0.05, 0) is 148 Å². The zero-order valence-corrected chi connectivity index (χ0v) is 61.9. The van der Waals surface area contributed by atoms with Crippen molar-refractivity contribution in [1.82, 2.24) is 30.3 Å². The number of anilines is 3. The van der Waals surface area contributed by atoms with Crippen LogP contribution in [-0.2, 0) is 77.1 Å². The number of benzene rings is 7. The molecule has 0 saturated carbocycles. The highest BCUT2D eigenvalue weighted by Crippen LogP contribution is 2.28. The normalized spacial score (nSPS) is 11.1. The molecule has 8 aromatic rings. The first-order valence-corrected chi connectivity index (χ1v) is 34.0. The van der Waals surface area contributed by atoms with Crippen LogP contribution < -0.4 is 37.8 Å². The first-order chi connectivity index (χ1) is 49.9. The zero-order chi connectivity index (χ0) is 77.6. The van der Waals surface area contributed by atoms with Gasteiger partial charge in [0.05, 0.1) is 78.8 Å². The third-order valence-corrected chi connectivity index (χ3v) is 15.8. The number of ether oxygens (including phenoxy) is 4. The molecule has 0 aliphatic heterocycles. The van der Waals surface area contributed by atoms with Crippen LogP contribution in [0.4, 0.5) is 21.9 Å². The number of hydrogen-bond donors (Lipinski definition) is 6. The van der Waals surface area contributed by atoms with Gasteiger partial charge < -0.3 is 65.3 Å². The summed E-state index contributed by atoms with van der Waals surface area (Å²) in [6, 6.07) is 36.4. The Kier molecular flexibility index (Phi) is 33.8. The van der Waals surface area contributed by atoms with Crippen LogP contribution in [-0.4, -0.2) is 144 Å². The van der Waals surface area contributed by atoms with Gasteiger partial charge in [-0.2, -0.15) is 4.98 Å². The number of nitrogens with two attached hydrogens (primary N) is 2. The number of ketones is 1. The number of rotatable bonds is 29. The molecule has 8 N–H and O–H groups in total. The molecule has 8 rings (SSSR count). The Morgan fingerprint density at radius 2 is 0.981 bits per heavy atom. The second-order valence-corrected chi connectivity index (χ2v) is 25.5. The van der Waals surface area contributed by atoms with Crippen LogP contribution in [0, 0.1) is 0 Å². The Bertz CT molecular complexity index is 4390. The number of nitrogens with zero attached hydrogens (tertiary/aromatic N) is 4. The highest BCUT2D eigenvalue weighted by Gasteiger charge is 2.29. The molecule has 0 saturated heterocycles. The van der Waals surface area contributed by atoms with Gasteiger partial charge in [0, 0.05) is 77.0 Å². The molecule has 26 nitrogen and oxygen atoms in total. The van der Waals surface area contributed by atoms with Crippen LogP contribution in [0.1, 0.15) is 116 Å². The highest BCUT2D eigenvalue weighted by atomic mass is 35.5. The van der Waals surface area contributed by atoms with Gasteiger partial charge in [0.25, 0.3) is 11.8 Å². The molecule has 0 bridgehead atoms. The molecular formula is C75H81Cl4N9O17. The molecular weight excluding hydrogens is 1440 g/mol. The molecule has 0 spiro atoms. The van der Waals surface area contributed by atoms with Crippen molar-refractivity contribution < 1.29 is 76.4 Å². The number of fused-ring (bicyclic) bond motifs is 1. The largest absolute Gasteiger partial charge is 0.478 e. The number of esters is 2. The van der Waals surface area contributed by atoms with Crippen LogP contribution >= 0.6 is 46.4 Å². The van der Waals surface area contributed by atoms with Crippen molar-refractivity contribution in [2.45, 2.75) is 105 Å². The number of aromatic carboxylic acids is 1. The van der Waals surface area contributed by atoms with Crippen molar-refractivity contribution in [2.24, 2.45) is 0 Å². The Balaban J connectivity index is 0.000000277. The van der Waals surface area contributed by atoms with Crippen LogP contribution in [0.25, 0.3) is 10.9 Å². The molecule has 6 amide bonds. The molecule has 0 aliphatic carbocycles. The van der Waals surface area contributed by atoms with E-state index in [1.54, 1.807) is 172 Å². The van der Waals surface area contributed by atoms with E-state index in [9.17, 15) is 52.7 Å². The predicted molar refractivity (Wildman–Crippen MR) is 400 cm³/mol. The van der Waals surface area contributed by atoms with Crippen LogP contribution in [0.5, 0.6) is 6.08 Å². The SMILES string of the molecule is CC(C)OC(=O)[C@H](Cc1ccc(N)cc1)NC(=O)c1c(Cl)cccc1Cl.CCOC(=O)Nc1ccc(CN(C)C=O)cc1C(=O)Cc1ccc(C[C@H](NC(=O)c2c(Cl)cccc2Cl)C(=O)OC(C)C)cc1.CCOc1nc2ccc(CN(C)C=O)cc2c(=O)o1.CN(C=O)Cc1ccc(N)c(C(=O)O)c1. The number of nitrogens with one attached hydrogen (secondary N) is 3. The lowest BCUT2D eigenvalue weighted by molar-refractivity contribution is -0.150. The molecule has 0 unspecified atom stereocenters. The number of carbonyl (C=O) groups is 10. The fourth-order valence-electron chi connectivity index (χ4n) is 9.66. The number of aromatic nitrogens is 1. The number of carbonyl (C=O) groups excluding carboxylic acids is 9. The minimum Gasteiger partial charge on any atom is -0.478 e. The van der Waals surface area contributed by atoms with Crippen molar-refractivity contribution >= 4 is 135 Å². The quantitative estimate of drug-likeness (QED) is 0.00833. The van der Waals surface area contributed by atoms with Gasteiger partial charge in [-0.15, -0.1) is 0 Å². The number of Topliss-reactive ketones (excluding diaryl/α,β-unsaturated/α-hetero) is 1. The van der Waals surface area contributed by atoms with E-state index in [1.807, 2.05) is 6.07 Å². The number of halogens is 4. The van der Waals surface area contributed by atoms with Crippen LogP contribution in [0.15, 0.2) is 149 Å². The smallest absolute Gasteiger partial charge is 0.411 e. The summed E-state index contributed by atoms with van der Waals surface area (Å²) in [4.78, 5) is 140. The Morgan fingerprint density at radius 1 is 0.562 bits per heavy atom.